The van der Waals surface area contributed by atoms with Crippen molar-refractivity contribution in [1.29, 1.82) is 0 Å². The lowest BCUT2D eigenvalue weighted by molar-refractivity contribution is 0.247. The molecule has 14 heavy (non-hydrogen) atoms. The fraction of sp³-hybridized carbons (Fsp3) is 0.364. The molecule has 1 heterocycles. The summed E-state index contributed by atoms with van der Waals surface area (Å²) in [6, 6.07) is 6.35. The summed E-state index contributed by atoms with van der Waals surface area (Å²) in [7, 11) is 0. The molecule has 0 radical (unpaired) electrons. The first-order valence-corrected chi connectivity index (χ1v) is 4.78. The van der Waals surface area contributed by atoms with Gasteiger partial charge in [0.25, 0.3) is 0 Å². The Morgan fingerprint density at radius 1 is 1.36 bits per heavy atom. The van der Waals surface area contributed by atoms with Gasteiger partial charge < -0.3 is 10.6 Å². The lowest BCUT2D eigenvalue weighted by Gasteiger charge is -2.12. The molecule has 1 saturated heterocycles. The highest BCUT2D eigenvalue weighted by Crippen LogP contribution is 2.20. The highest BCUT2D eigenvalue weighted by atomic mass is 16.2. The summed E-state index contributed by atoms with van der Waals surface area (Å²) in [5.41, 5.74) is 3.69. The van der Waals surface area contributed by atoms with Gasteiger partial charge in [0.2, 0.25) is 0 Å². The molecule has 2 amide bonds. The molecule has 1 aliphatic rings. The lowest BCUT2D eigenvalue weighted by atomic mass is 10.00. The van der Waals surface area contributed by atoms with Crippen molar-refractivity contribution in [2.24, 2.45) is 0 Å². The van der Waals surface area contributed by atoms with E-state index in [0.717, 1.165) is 0 Å². The minimum atomic E-state index is -0.0741. The van der Waals surface area contributed by atoms with E-state index in [0.29, 0.717) is 6.54 Å². The predicted octanol–water partition coefficient (Wildman–Crippen LogP) is 1.66. The van der Waals surface area contributed by atoms with Gasteiger partial charge in [-0.15, -0.1) is 0 Å². The first-order chi connectivity index (χ1) is 6.66. The van der Waals surface area contributed by atoms with E-state index < -0.39 is 0 Å². The van der Waals surface area contributed by atoms with Gasteiger partial charge in [0, 0.05) is 6.54 Å². The van der Waals surface area contributed by atoms with E-state index in [-0.39, 0.29) is 12.1 Å². The molecule has 1 aromatic rings. The summed E-state index contributed by atoms with van der Waals surface area (Å²) in [6.45, 7) is 4.83. The van der Waals surface area contributed by atoms with Crippen LogP contribution in [0.2, 0.25) is 0 Å². The molecule has 1 atom stereocenters. The van der Waals surface area contributed by atoms with Crippen LogP contribution >= 0.6 is 0 Å². The minimum Gasteiger partial charge on any atom is -0.336 e. The average molecular weight is 190 g/mol. The van der Waals surface area contributed by atoms with Crippen LogP contribution in [0.1, 0.15) is 22.7 Å². The fourth-order valence-electron chi connectivity index (χ4n) is 1.86. The Bertz CT molecular complexity index is 374. The second kappa shape index (κ2) is 3.33. The molecule has 0 aliphatic carbocycles. The number of benzene rings is 1. The summed E-state index contributed by atoms with van der Waals surface area (Å²) in [4.78, 5) is 11.0. The number of aryl methyl sites for hydroxylation is 2. The molecule has 0 aromatic heterocycles. The highest BCUT2D eigenvalue weighted by molar-refractivity contribution is 5.77. The molecule has 1 aliphatic heterocycles. The van der Waals surface area contributed by atoms with Crippen LogP contribution in [0.15, 0.2) is 18.2 Å². The quantitative estimate of drug-likeness (QED) is 0.694. The van der Waals surface area contributed by atoms with Crippen LogP contribution in [-0.2, 0) is 0 Å². The Hall–Kier alpha value is -1.51. The maximum absolute atomic E-state index is 11.0. The van der Waals surface area contributed by atoms with E-state index in [1.807, 2.05) is 0 Å². The van der Waals surface area contributed by atoms with Crippen molar-refractivity contribution >= 4 is 6.03 Å². The first kappa shape index (κ1) is 9.06. The van der Waals surface area contributed by atoms with Gasteiger partial charge in [-0.05, 0) is 25.0 Å². The van der Waals surface area contributed by atoms with Crippen molar-refractivity contribution in [2.45, 2.75) is 19.9 Å². The molecule has 2 rings (SSSR count). The Balaban J connectivity index is 2.28. The fourth-order valence-corrected chi connectivity index (χ4v) is 1.86. The molecular weight excluding hydrogens is 176 g/mol. The number of rotatable bonds is 1. The maximum Gasteiger partial charge on any atom is 0.315 e. The lowest BCUT2D eigenvalue weighted by Crippen LogP contribution is -2.22. The van der Waals surface area contributed by atoms with Gasteiger partial charge >= 0.3 is 6.03 Å². The topological polar surface area (TPSA) is 41.1 Å². The van der Waals surface area contributed by atoms with Gasteiger partial charge in [-0.3, -0.25) is 0 Å². The largest absolute Gasteiger partial charge is 0.336 e. The zero-order chi connectivity index (χ0) is 10.1. The Labute approximate surface area is 83.5 Å². The van der Waals surface area contributed by atoms with Crippen molar-refractivity contribution in [3.63, 3.8) is 0 Å². The summed E-state index contributed by atoms with van der Waals surface area (Å²) >= 11 is 0. The summed E-state index contributed by atoms with van der Waals surface area (Å²) in [5, 5.41) is 5.64. The van der Waals surface area contributed by atoms with Crippen molar-refractivity contribution in [3.8, 4) is 0 Å². The molecule has 2 N–H and O–H groups in total. The number of amides is 2. The van der Waals surface area contributed by atoms with Gasteiger partial charge in [-0.25, -0.2) is 4.79 Å². The van der Waals surface area contributed by atoms with Gasteiger partial charge in [-0.1, -0.05) is 23.8 Å². The third kappa shape index (κ3) is 1.58. The zero-order valence-electron chi connectivity index (χ0n) is 8.42. The zero-order valence-corrected chi connectivity index (χ0v) is 8.42. The van der Waals surface area contributed by atoms with Crippen LogP contribution in [0.4, 0.5) is 4.79 Å². The van der Waals surface area contributed by atoms with Gasteiger partial charge in [0.05, 0.1) is 6.04 Å². The van der Waals surface area contributed by atoms with Crippen molar-refractivity contribution < 1.29 is 4.79 Å². The normalized spacial score (nSPS) is 20.4. The second-order valence-electron chi connectivity index (χ2n) is 3.77. The van der Waals surface area contributed by atoms with Crippen LogP contribution in [0.3, 0.4) is 0 Å². The van der Waals surface area contributed by atoms with Gasteiger partial charge in [0.15, 0.2) is 0 Å². The molecule has 0 spiro atoms. The maximum atomic E-state index is 11.0. The smallest absolute Gasteiger partial charge is 0.315 e. The standard InChI is InChI=1S/C11H14N2O/c1-7-3-4-9(8(2)5-7)10-6-12-11(14)13-10/h3-5,10H,6H2,1-2H3,(H2,12,13,14)/t10-/m0/s1. The number of hydrogen-bond donors (Lipinski definition) is 2. The molecule has 0 unspecified atom stereocenters. The van der Waals surface area contributed by atoms with Crippen LogP contribution in [0.25, 0.3) is 0 Å². The van der Waals surface area contributed by atoms with Gasteiger partial charge in [-0.2, -0.15) is 0 Å². The van der Waals surface area contributed by atoms with Crippen molar-refractivity contribution in [2.75, 3.05) is 6.54 Å². The summed E-state index contributed by atoms with van der Waals surface area (Å²) in [5.74, 6) is 0. The van der Waals surface area contributed by atoms with Crippen LogP contribution in [0, 0.1) is 13.8 Å². The summed E-state index contributed by atoms with van der Waals surface area (Å²) < 4.78 is 0. The van der Waals surface area contributed by atoms with Crippen molar-refractivity contribution in [3.05, 3.63) is 34.9 Å². The molecule has 1 fully saturated rings. The van der Waals surface area contributed by atoms with Crippen LogP contribution < -0.4 is 10.6 Å². The van der Waals surface area contributed by atoms with E-state index in [9.17, 15) is 4.79 Å². The molecule has 0 bridgehead atoms. The number of carbonyl (C=O) groups is 1. The molecule has 74 valence electrons. The van der Waals surface area contributed by atoms with Gasteiger partial charge in [0.1, 0.15) is 0 Å². The third-order valence-corrected chi connectivity index (χ3v) is 2.57. The van der Waals surface area contributed by atoms with E-state index in [1.54, 1.807) is 0 Å². The molecular formula is C11H14N2O. The molecule has 3 heteroatoms. The monoisotopic (exact) mass is 190 g/mol. The number of carbonyl (C=O) groups excluding carboxylic acids is 1. The Kier molecular flexibility index (Phi) is 2.15. The number of nitrogens with one attached hydrogen (secondary N) is 2. The molecule has 1 aromatic carbocycles. The Morgan fingerprint density at radius 2 is 2.14 bits per heavy atom. The second-order valence-corrected chi connectivity index (χ2v) is 3.77. The minimum absolute atomic E-state index is 0.0741. The molecule has 3 nitrogen and oxygen atoms in total. The van der Waals surface area contributed by atoms with Crippen LogP contribution in [-0.4, -0.2) is 12.6 Å². The third-order valence-electron chi connectivity index (χ3n) is 2.57. The van der Waals surface area contributed by atoms with E-state index in [1.165, 1.54) is 16.7 Å². The average Bonchev–Trinajstić information content (AvgIpc) is 2.51. The van der Waals surface area contributed by atoms with Crippen molar-refractivity contribution in [1.82, 2.24) is 10.6 Å². The molecule has 0 saturated carbocycles. The van der Waals surface area contributed by atoms with Crippen LogP contribution in [0.5, 0.6) is 0 Å². The number of hydrogen-bond acceptors (Lipinski definition) is 1. The predicted molar refractivity (Wildman–Crippen MR) is 55.2 cm³/mol. The van der Waals surface area contributed by atoms with E-state index in [4.69, 9.17) is 0 Å². The van der Waals surface area contributed by atoms with E-state index >= 15 is 0 Å². The number of urea groups is 1. The first-order valence-electron chi connectivity index (χ1n) is 4.78. The SMILES string of the molecule is Cc1ccc([C@@H]2CNC(=O)N2)c(C)c1. The highest BCUT2D eigenvalue weighted by Gasteiger charge is 2.22. The summed E-state index contributed by atoms with van der Waals surface area (Å²) in [6.07, 6.45) is 0. The van der Waals surface area contributed by atoms with E-state index in [2.05, 4.69) is 42.7 Å². The Morgan fingerprint density at radius 3 is 2.71 bits per heavy atom.